The molecular weight excluding hydrogens is 214 g/mol. The zero-order valence-electron chi connectivity index (χ0n) is 10.6. The van der Waals surface area contributed by atoms with Crippen molar-refractivity contribution >= 4 is 0 Å². The first-order valence-corrected chi connectivity index (χ1v) is 6.57. The zero-order valence-corrected chi connectivity index (χ0v) is 10.6. The molecule has 94 valence electrons. The van der Waals surface area contributed by atoms with Gasteiger partial charge in [-0.15, -0.1) is 0 Å². The minimum Gasteiger partial charge on any atom is -0.316 e. The van der Waals surface area contributed by atoms with Crippen LogP contribution in [0.3, 0.4) is 0 Å². The van der Waals surface area contributed by atoms with Gasteiger partial charge >= 0.3 is 0 Å². The molecule has 3 unspecified atom stereocenters. The van der Waals surface area contributed by atoms with Gasteiger partial charge in [0.05, 0.1) is 6.54 Å². The van der Waals surface area contributed by atoms with E-state index in [4.69, 9.17) is 0 Å². The van der Waals surface area contributed by atoms with Gasteiger partial charge in [0, 0.05) is 19.6 Å². The zero-order chi connectivity index (χ0) is 11.8. The highest BCUT2D eigenvalue weighted by atomic mass is 15.3. The van der Waals surface area contributed by atoms with Crippen LogP contribution in [0.5, 0.6) is 0 Å². The number of fused-ring (bicyclic) bond motifs is 1. The number of hydrogen-bond acceptors (Lipinski definition) is 4. The fourth-order valence-corrected chi connectivity index (χ4v) is 3.50. The van der Waals surface area contributed by atoms with Crippen LogP contribution in [-0.4, -0.2) is 45.3 Å². The molecular formula is C12H21N5. The molecule has 3 heterocycles. The summed E-state index contributed by atoms with van der Waals surface area (Å²) in [4.78, 5) is 6.93. The van der Waals surface area contributed by atoms with Crippen LogP contribution < -0.4 is 5.32 Å². The lowest BCUT2D eigenvalue weighted by Gasteiger charge is -2.26. The summed E-state index contributed by atoms with van der Waals surface area (Å²) in [7, 11) is 1.97. The van der Waals surface area contributed by atoms with E-state index < -0.39 is 0 Å². The summed E-state index contributed by atoms with van der Waals surface area (Å²) in [6, 6.07) is 0.715. The average Bonchev–Trinajstić information content (AvgIpc) is 2.96. The Kier molecular flexibility index (Phi) is 2.88. The molecule has 5 heteroatoms. The highest BCUT2D eigenvalue weighted by molar-refractivity contribution is 4.99. The van der Waals surface area contributed by atoms with Crippen molar-refractivity contribution < 1.29 is 0 Å². The maximum absolute atomic E-state index is 4.34. The highest BCUT2D eigenvalue weighted by Crippen LogP contribution is 2.34. The summed E-state index contributed by atoms with van der Waals surface area (Å²) in [6.07, 6.45) is 2.88. The maximum Gasteiger partial charge on any atom is 0.140 e. The SMILES string of the molecule is CCC1C2CNCC2CN1Cc1ncnn1C. The van der Waals surface area contributed by atoms with Crippen molar-refractivity contribution in [2.24, 2.45) is 18.9 Å². The van der Waals surface area contributed by atoms with Gasteiger partial charge in [0.1, 0.15) is 12.2 Å². The second-order valence-electron chi connectivity index (χ2n) is 5.29. The van der Waals surface area contributed by atoms with Crippen molar-refractivity contribution in [3.8, 4) is 0 Å². The third-order valence-electron chi connectivity index (χ3n) is 4.39. The Morgan fingerprint density at radius 3 is 3.06 bits per heavy atom. The van der Waals surface area contributed by atoms with E-state index in [0.717, 1.165) is 24.2 Å². The quantitative estimate of drug-likeness (QED) is 0.815. The second-order valence-corrected chi connectivity index (χ2v) is 5.29. The number of aromatic nitrogens is 3. The molecule has 2 fully saturated rings. The molecule has 0 aromatic carbocycles. The first kappa shape index (κ1) is 11.2. The van der Waals surface area contributed by atoms with Crippen LogP contribution in [-0.2, 0) is 13.6 Å². The Balaban J connectivity index is 1.73. The number of hydrogen-bond donors (Lipinski definition) is 1. The molecule has 2 saturated heterocycles. The minimum atomic E-state index is 0.715. The van der Waals surface area contributed by atoms with Gasteiger partial charge < -0.3 is 5.32 Å². The summed E-state index contributed by atoms with van der Waals surface area (Å²) >= 11 is 0. The van der Waals surface area contributed by atoms with Crippen molar-refractivity contribution in [1.29, 1.82) is 0 Å². The van der Waals surface area contributed by atoms with E-state index in [1.165, 1.54) is 26.1 Å². The van der Waals surface area contributed by atoms with E-state index in [9.17, 15) is 0 Å². The monoisotopic (exact) mass is 235 g/mol. The molecule has 0 bridgehead atoms. The fourth-order valence-electron chi connectivity index (χ4n) is 3.50. The van der Waals surface area contributed by atoms with E-state index in [1.807, 2.05) is 11.7 Å². The van der Waals surface area contributed by atoms with Crippen LogP contribution in [0.4, 0.5) is 0 Å². The molecule has 0 saturated carbocycles. The summed E-state index contributed by atoms with van der Waals surface area (Å²) in [5.41, 5.74) is 0. The predicted molar refractivity (Wildman–Crippen MR) is 65.3 cm³/mol. The first-order valence-electron chi connectivity index (χ1n) is 6.57. The molecule has 0 aliphatic carbocycles. The minimum absolute atomic E-state index is 0.715. The lowest BCUT2D eigenvalue weighted by atomic mass is 9.93. The smallest absolute Gasteiger partial charge is 0.140 e. The Labute approximate surface area is 102 Å². The predicted octanol–water partition coefficient (Wildman–Crippen LogP) is 0.245. The van der Waals surface area contributed by atoms with Gasteiger partial charge in [-0.2, -0.15) is 5.10 Å². The Bertz CT molecular complexity index is 388. The maximum atomic E-state index is 4.34. The van der Waals surface area contributed by atoms with Crippen LogP contribution in [0.1, 0.15) is 19.2 Å². The third kappa shape index (κ3) is 1.87. The first-order chi connectivity index (χ1) is 8.29. The standard InChI is InChI=1S/C12H21N5/c1-3-11-10-5-13-4-9(10)6-17(11)7-12-14-8-15-16(12)2/h8-11,13H,3-7H2,1-2H3. The fraction of sp³-hybridized carbons (Fsp3) is 0.833. The molecule has 2 aliphatic rings. The molecule has 3 atom stereocenters. The van der Waals surface area contributed by atoms with Crippen molar-refractivity contribution in [2.45, 2.75) is 25.9 Å². The molecule has 3 rings (SSSR count). The summed E-state index contributed by atoms with van der Waals surface area (Å²) in [6.45, 7) is 6.84. The number of aryl methyl sites for hydroxylation is 1. The number of nitrogens with zero attached hydrogens (tertiary/aromatic N) is 4. The van der Waals surface area contributed by atoms with E-state index in [-0.39, 0.29) is 0 Å². The molecule has 0 spiro atoms. The molecule has 2 aliphatic heterocycles. The van der Waals surface area contributed by atoms with Crippen molar-refractivity contribution in [2.75, 3.05) is 19.6 Å². The van der Waals surface area contributed by atoms with Crippen LogP contribution in [0, 0.1) is 11.8 Å². The van der Waals surface area contributed by atoms with Gasteiger partial charge in [-0.1, -0.05) is 6.92 Å². The molecule has 5 nitrogen and oxygen atoms in total. The molecule has 1 aromatic rings. The van der Waals surface area contributed by atoms with E-state index in [0.29, 0.717) is 6.04 Å². The largest absolute Gasteiger partial charge is 0.316 e. The second kappa shape index (κ2) is 4.38. The molecule has 0 radical (unpaired) electrons. The van der Waals surface area contributed by atoms with Crippen molar-refractivity contribution in [3.05, 3.63) is 12.2 Å². The van der Waals surface area contributed by atoms with E-state index in [1.54, 1.807) is 6.33 Å². The third-order valence-corrected chi connectivity index (χ3v) is 4.39. The van der Waals surface area contributed by atoms with Crippen LogP contribution in [0.2, 0.25) is 0 Å². The van der Waals surface area contributed by atoms with Crippen LogP contribution in [0.15, 0.2) is 6.33 Å². The average molecular weight is 235 g/mol. The number of nitrogens with one attached hydrogen (secondary N) is 1. The number of rotatable bonds is 3. The summed E-state index contributed by atoms with van der Waals surface area (Å²) in [5.74, 6) is 2.76. The Morgan fingerprint density at radius 1 is 1.47 bits per heavy atom. The van der Waals surface area contributed by atoms with Crippen LogP contribution >= 0.6 is 0 Å². The van der Waals surface area contributed by atoms with E-state index >= 15 is 0 Å². The summed E-state index contributed by atoms with van der Waals surface area (Å²) in [5, 5.41) is 7.67. The topological polar surface area (TPSA) is 46.0 Å². The lowest BCUT2D eigenvalue weighted by Crippen LogP contribution is -2.35. The molecule has 1 aromatic heterocycles. The van der Waals surface area contributed by atoms with Gasteiger partial charge in [0.15, 0.2) is 0 Å². The van der Waals surface area contributed by atoms with Crippen molar-refractivity contribution in [1.82, 2.24) is 25.0 Å². The molecule has 1 N–H and O–H groups in total. The Hall–Kier alpha value is -0.940. The van der Waals surface area contributed by atoms with Gasteiger partial charge in [-0.25, -0.2) is 4.98 Å². The Morgan fingerprint density at radius 2 is 2.35 bits per heavy atom. The lowest BCUT2D eigenvalue weighted by molar-refractivity contribution is 0.203. The van der Waals surface area contributed by atoms with Crippen molar-refractivity contribution in [3.63, 3.8) is 0 Å². The molecule has 17 heavy (non-hydrogen) atoms. The normalized spacial score (nSPS) is 33.2. The summed E-state index contributed by atoms with van der Waals surface area (Å²) < 4.78 is 1.89. The van der Waals surface area contributed by atoms with Crippen LogP contribution in [0.25, 0.3) is 0 Å². The van der Waals surface area contributed by atoms with Gasteiger partial charge in [0.2, 0.25) is 0 Å². The van der Waals surface area contributed by atoms with Gasteiger partial charge in [-0.05, 0) is 31.3 Å². The van der Waals surface area contributed by atoms with Gasteiger partial charge in [0.25, 0.3) is 0 Å². The van der Waals surface area contributed by atoms with Gasteiger partial charge in [-0.3, -0.25) is 9.58 Å². The molecule has 0 amide bonds. The highest BCUT2D eigenvalue weighted by Gasteiger charge is 2.43. The van der Waals surface area contributed by atoms with E-state index in [2.05, 4.69) is 27.2 Å². The number of likely N-dealkylation sites (tertiary alicyclic amines) is 1.